The fourth-order valence-electron chi connectivity index (χ4n) is 2.75. The molecule has 4 rings (SSSR count). The molecule has 3 aromatic heterocycles. The van der Waals surface area contributed by atoms with Crippen LogP contribution in [0.2, 0.25) is 0 Å². The van der Waals surface area contributed by atoms with Crippen molar-refractivity contribution in [3.05, 3.63) is 65.7 Å². The molecule has 0 saturated heterocycles. The van der Waals surface area contributed by atoms with Gasteiger partial charge in [0, 0.05) is 36.4 Å². The largest absolute Gasteiger partial charge is 0.474 e. The minimum atomic E-state index is -0.221. The summed E-state index contributed by atoms with van der Waals surface area (Å²) in [6.45, 7) is 3.88. The maximum atomic E-state index is 12.4. The lowest BCUT2D eigenvalue weighted by molar-refractivity contribution is 0.102. The van der Waals surface area contributed by atoms with E-state index in [1.165, 1.54) is 0 Å². The number of amides is 1. The molecule has 27 heavy (non-hydrogen) atoms. The first-order valence-corrected chi connectivity index (χ1v) is 8.92. The van der Waals surface area contributed by atoms with Crippen LogP contribution in [0.3, 0.4) is 0 Å². The van der Waals surface area contributed by atoms with Crippen molar-refractivity contribution >= 4 is 11.7 Å². The summed E-state index contributed by atoms with van der Waals surface area (Å²) in [5.41, 5.74) is 4.42. The van der Waals surface area contributed by atoms with Gasteiger partial charge in [-0.15, -0.1) is 0 Å². The molecule has 0 bridgehead atoms. The molecule has 136 valence electrons. The lowest BCUT2D eigenvalue weighted by Gasteiger charge is -2.10. The van der Waals surface area contributed by atoms with Crippen LogP contribution in [0.1, 0.15) is 34.3 Å². The Balaban J connectivity index is 1.52. The molecule has 1 fully saturated rings. The molecule has 1 N–H and O–H groups in total. The molecule has 1 saturated carbocycles. The molecule has 1 aliphatic carbocycles. The highest BCUT2D eigenvalue weighted by Gasteiger charge is 2.24. The molecule has 6 heteroatoms. The summed E-state index contributed by atoms with van der Waals surface area (Å²) < 4.78 is 5.78. The van der Waals surface area contributed by atoms with E-state index in [1.807, 2.05) is 32.2 Å². The van der Waals surface area contributed by atoms with Crippen molar-refractivity contribution in [3.8, 4) is 17.0 Å². The van der Waals surface area contributed by atoms with Crippen LogP contribution < -0.4 is 10.1 Å². The van der Waals surface area contributed by atoms with Gasteiger partial charge in [0.15, 0.2) is 0 Å². The highest BCUT2D eigenvalue weighted by molar-refractivity contribution is 6.04. The van der Waals surface area contributed by atoms with Crippen molar-refractivity contribution < 1.29 is 9.53 Å². The number of carbonyl (C=O) groups excluding carboxylic acids is 1. The number of rotatable bonds is 5. The Morgan fingerprint density at radius 3 is 2.63 bits per heavy atom. The van der Waals surface area contributed by atoms with Gasteiger partial charge < -0.3 is 10.1 Å². The Bertz CT molecular complexity index is 982. The molecule has 6 nitrogen and oxygen atoms in total. The van der Waals surface area contributed by atoms with Gasteiger partial charge in [-0.3, -0.25) is 9.78 Å². The quantitative estimate of drug-likeness (QED) is 0.745. The Labute approximate surface area is 157 Å². The number of anilines is 1. The molecule has 0 unspecified atom stereocenters. The van der Waals surface area contributed by atoms with Gasteiger partial charge in [0.1, 0.15) is 11.9 Å². The zero-order valence-corrected chi connectivity index (χ0v) is 15.3. The third-order valence-electron chi connectivity index (χ3n) is 4.49. The number of hydrogen-bond donors (Lipinski definition) is 1. The number of ether oxygens (including phenoxy) is 1. The summed E-state index contributed by atoms with van der Waals surface area (Å²) >= 11 is 0. The van der Waals surface area contributed by atoms with E-state index in [0.29, 0.717) is 23.4 Å². The van der Waals surface area contributed by atoms with Crippen LogP contribution in [0.25, 0.3) is 11.1 Å². The van der Waals surface area contributed by atoms with E-state index >= 15 is 0 Å². The highest BCUT2D eigenvalue weighted by Crippen LogP contribution is 2.30. The average molecular weight is 360 g/mol. The SMILES string of the molecule is Cc1ccncc1C(=O)Nc1ccc(-c2cc(OC3CC3)ncc2C)cn1. The first kappa shape index (κ1) is 17.1. The number of aromatic nitrogens is 3. The van der Waals surface area contributed by atoms with Gasteiger partial charge in [0.25, 0.3) is 5.91 Å². The Kier molecular flexibility index (Phi) is 4.54. The minimum Gasteiger partial charge on any atom is -0.474 e. The fourth-order valence-corrected chi connectivity index (χ4v) is 2.75. The zero-order valence-electron chi connectivity index (χ0n) is 15.3. The predicted octanol–water partition coefficient (Wildman–Crippen LogP) is 3.95. The van der Waals surface area contributed by atoms with E-state index in [1.54, 1.807) is 30.7 Å². The van der Waals surface area contributed by atoms with Crippen molar-refractivity contribution in [1.82, 2.24) is 15.0 Å². The van der Waals surface area contributed by atoms with Crippen LogP contribution in [-0.4, -0.2) is 27.0 Å². The Hall–Kier alpha value is -3.28. The predicted molar refractivity (Wildman–Crippen MR) is 103 cm³/mol. The van der Waals surface area contributed by atoms with Crippen molar-refractivity contribution in [2.75, 3.05) is 5.32 Å². The van der Waals surface area contributed by atoms with Crippen molar-refractivity contribution in [3.63, 3.8) is 0 Å². The van der Waals surface area contributed by atoms with Crippen molar-refractivity contribution in [2.45, 2.75) is 32.8 Å². The second-order valence-corrected chi connectivity index (χ2v) is 6.73. The average Bonchev–Trinajstić information content (AvgIpc) is 3.48. The molecule has 1 aliphatic rings. The van der Waals surface area contributed by atoms with Crippen molar-refractivity contribution in [2.24, 2.45) is 0 Å². The number of carbonyl (C=O) groups is 1. The first-order chi connectivity index (χ1) is 13.1. The van der Waals surface area contributed by atoms with Crippen LogP contribution in [-0.2, 0) is 0 Å². The van der Waals surface area contributed by atoms with E-state index in [-0.39, 0.29) is 5.91 Å². The van der Waals surface area contributed by atoms with Crippen LogP contribution in [0, 0.1) is 13.8 Å². The molecule has 0 aliphatic heterocycles. The van der Waals surface area contributed by atoms with E-state index < -0.39 is 0 Å². The third-order valence-corrected chi connectivity index (χ3v) is 4.49. The minimum absolute atomic E-state index is 0.221. The topological polar surface area (TPSA) is 77.0 Å². The summed E-state index contributed by atoms with van der Waals surface area (Å²) in [5.74, 6) is 0.914. The third kappa shape index (κ3) is 3.95. The monoisotopic (exact) mass is 360 g/mol. The molecule has 1 amide bonds. The molecular formula is C21H20N4O2. The highest BCUT2D eigenvalue weighted by atomic mass is 16.5. The molecule has 3 heterocycles. The summed E-state index contributed by atoms with van der Waals surface area (Å²) in [5, 5.41) is 2.81. The molecule has 0 radical (unpaired) electrons. The standard InChI is InChI=1S/C21H20N4O2/c1-13-7-8-22-12-18(13)21(26)25-19-6-3-15(11-23-19)17-9-20(24-10-14(17)2)27-16-4-5-16/h3,6-12,16H,4-5H2,1-2H3,(H,23,25,26). The number of aryl methyl sites for hydroxylation is 2. The molecule has 3 aromatic rings. The lowest BCUT2D eigenvalue weighted by Crippen LogP contribution is -2.14. The van der Waals surface area contributed by atoms with Gasteiger partial charge in [0.2, 0.25) is 5.88 Å². The maximum absolute atomic E-state index is 12.4. The Morgan fingerprint density at radius 1 is 1.07 bits per heavy atom. The van der Waals surface area contributed by atoms with E-state index in [2.05, 4.69) is 20.3 Å². The van der Waals surface area contributed by atoms with E-state index in [0.717, 1.165) is 35.1 Å². The fraction of sp³-hybridized carbons (Fsp3) is 0.238. The van der Waals surface area contributed by atoms with Gasteiger partial charge in [-0.1, -0.05) is 0 Å². The summed E-state index contributed by atoms with van der Waals surface area (Å²) in [4.78, 5) is 25.1. The first-order valence-electron chi connectivity index (χ1n) is 8.92. The molecular weight excluding hydrogens is 340 g/mol. The molecule has 0 aromatic carbocycles. The number of hydrogen-bond acceptors (Lipinski definition) is 5. The molecule has 0 spiro atoms. The zero-order chi connectivity index (χ0) is 18.8. The maximum Gasteiger partial charge on any atom is 0.258 e. The second-order valence-electron chi connectivity index (χ2n) is 6.73. The van der Waals surface area contributed by atoms with Crippen LogP contribution >= 0.6 is 0 Å². The van der Waals surface area contributed by atoms with Crippen LogP contribution in [0.5, 0.6) is 5.88 Å². The summed E-state index contributed by atoms with van der Waals surface area (Å²) in [6, 6.07) is 7.48. The summed E-state index contributed by atoms with van der Waals surface area (Å²) in [7, 11) is 0. The second kappa shape index (κ2) is 7.15. The Morgan fingerprint density at radius 2 is 1.93 bits per heavy atom. The van der Waals surface area contributed by atoms with Gasteiger partial charge in [-0.25, -0.2) is 9.97 Å². The van der Waals surface area contributed by atoms with Gasteiger partial charge in [0.05, 0.1) is 5.56 Å². The number of nitrogens with one attached hydrogen (secondary N) is 1. The van der Waals surface area contributed by atoms with Gasteiger partial charge >= 0.3 is 0 Å². The number of nitrogens with zero attached hydrogens (tertiary/aromatic N) is 3. The molecule has 0 atom stereocenters. The van der Waals surface area contributed by atoms with Crippen LogP contribution in [0.15, 0.2) is 49.1 Å². The lowest BCUT2D eigenvalue weighted by atomic mass is 10.0. The smallest absolute Gasteiger partial charge is 0.258 e. The van der Waals surface area contributed by atoms with E-state index in [9.17, 15) is 4.79 Å². The van der Waals surface area contributed by atoms with Gasteiger partial charge in [-0.2, -0.15) is 0 Å². The van der Waals surface area contributed by atoms with E-state index in [4.69, 9.17) is 4.74 Å². The van der Waals surface area contributed by atoms with Gasteiger partial charge in [-0.05, 0) is 61.6 Å². The summed E-state index contributed by atoms with van der Waals surface area (Å²) in [6.07, 6.45) is 9.27. The normalized spacial score (nSPS) is 13.3. The van der Waals surface area contributed by atoms with Crippen LogP contribution in [0.4, 0.5) is 5.82 Å². The number of pyridine rings is 3. The van der Waals surface area contributed by atoms with Crippen molar-refractivity contribution in [1.29, 1.82) is 0 Å².